The standard InChI is InChI=1S/C30H32ClF3N4O6S/c1-18-15-38(19(2)17-39)28(40)25-14-23(36-29(41)35-22-8-4-20(5-9-22)30(32,33)34)10-13-26(25)44-27(18)16-37(3)45(42,43)24-11-6-21(31)7-12-24/h4-14,18-19,27,39H,15-17H2,1-3H3,(H2,35,36,41)/t18-,19-,27+/m0/s1. The number of halogens is 4. The van der Waals surface area contributed by atoms with Crippen molar-refractivity contribution >= 4 is 44.9 Å². The number of sulfonamides is 1. The third-order valence-electron chi connectivity index (χ3n) is 7.35. The minimum absolute atomic E-state index is 0.0456. The van der Waals surface area contributed by atoms with Crippen LogP contribution in [-0.4, -0.2) is 73.6 Å². The SMILES string of the molecule is C[C@H]1CN([C@@H](C)CO)C(=O)c2cc(NC(=O)Nc3ccc(C(F)(F)F)cc3)ccc2O[C@@H]1CN(C)S(=O)(=O)c1ccc(Cl)cc1. The Kier molecular flexibility index (Phi) is 10.3. The summed E-state index contributed by atoms with van der Waals surface area (Å²) >= 11 is 5.92. The number of fused-ring (bicyclic) bond motifs is 1. The zero-order valence-corrected chi connectivity index (χ0v) is 26.1. The summed E-state index contributed by atoms with van der Waals surface area (Å²) in [6.07, 6.45) is -5.24. The maximum Gasteiger partial charge on any atom is 0.416 e. The van der Waals surface area contributed by atoms with Crippen LogP contribution < -0.4 is 15.4 Å². The second-order valence-corrected chi connectivity index (χ2v) is 13.2. The fourth-order valence-corrected chi connectivity index (χ4v) is 6.00. The molecule has 0 fully saturated rings. The number of anilines is 2. The highest BCUT2D eigenvalue weighted by molar-refractivity contribution is 7.89. The second kappa shape index (κ2) is 13.6. The zero-order chi connectivity index (χ0) is 33.1. The Morgan fingerprint density at radius 1 is 1.09 bits per heavy atom. The van der Waals surface area contributed by atoms with E-state index >= 15 is 0 Å². The number of hydrogen-bond acceptors (Lipinski definition) is 6. The predicted octanol–water partition coefficient (Wildman–Crippen LogP) is 5.54. The molecule has 0 saturated heterocycles. The number of alkyl halides is 3. The van der Waals surface area contributed by atoms with Gasteiger partial charge in [0.15, 0.2) is 0 Å². The third-order valence-corrected chi connectivity index (χ3v) is 9.44. The number of likely N-dealkylation sites (N-methyl/N-ethyl adjacent to an activating group) is 1. The van der Waals surface area contributed by atoms with Crippen LogP contribution in [-0.2, 0) is 16.2 Å². The Balaban J connectivity index is 1.58. The Labute approximate surface area is 263 Å². The van der Waals surface area contributed by atoms with Gasteiger partial charge in [-0.3, -0.25) is 4.79 Å². The number of nitrogens with one attached hydrogen (secondary N) is 2. The normalized spacial score (nSPS) is 18.0. The molecule has 3 N–H and O–H groups in total. The molecule has 242 valence electrons. The Bertz CT molecular complexity index is 1640. The Hall–Kier alpha value is -3.85. The molecule has 0 unspecified atom stereocenters. The van der Waals surface area contributed by atoms with Gasteiger partial charge in [-0.2, -0.15) is 17.5 Å². The lowest BCUT2D eigenvalue weighted by Gasteiger charge is -2.38. The van der Waals surface area contributed by atoms with E-state index in [0.717, 1.165) is 28.6 Å². The highest BCUT2D eigenvalue weighted by Crippen LogP contribution is 2.32. The third kappa shape index (κ3) is 8.06. The molecule has 3 atom stereocenters. The molecule has 0 aromatic heterocycles. The molecular weight excluding hydrogens is 637 g/mol. The van der Waals surface area contributed by atoms with E-state index in [-0.39, 0.29) is 53.2 Å². The lowest BCUT2D eigenvalue weighted by atomic mass is 9.99. The first-order chi connectivity index (χ1) is 21.1. The van der Waals surface area contributed by atoms with Crippen molar-refractivity contribution in [3.63, 3.8) is 0 Å². The number of aliphatic hydroxyl groups excluding tert-OH is 1. The van der Waals surface area contributed by atoms with Crippen LogP contribution in [0.15, 0.2) is 71.6 Å². The first-order valence-electron chi connectivity index (χ1n) is 13.8. The molecule has 4 rings (SSSR count). The lowest BCUT2D eigenvalue weighted by molar-refractivity contribution is -0.137. The van der Waals surface area contributed by atoms with Crippen molar-refractivity contribution in [2.75, 3.05) is 37.4 Å². The summed E-state index contributed by atoms with van der Waals surface area (Å²) < 4.78 is 72.5. The van der Waals surface area contributed by atoms with Crippen molar-refractivity contribution in [3.05, 3.63) is 82.9 Å². The molecule has 3 aromatic rings. The molecule has 0 saturated carbocycles. The van der Waals surface area contributed by atoms with Crippen LogP contribution in [0.4, 0.5) is 29.3 Å². The highest BCUT2D eigenvalue weighted by Gasteiger charge is 2.35. The lowest BCUT2D eigenvalue weighted by Crippen LogP contribution is -2.50. The molecule has 15 heteroatoms. The fraction of sp³-hybridized carbons (Fsp3) is 0.333. The minimum Gasteiger partial charge on any atom is -0.488 e. The number of amides is 3. The van der Waals surface area contributed by atoms with E-state index < -0.39 is 45.8 Å². The van der Waals surface area contributed by atoms with Gasteiger partial charge in [0.1, 0.15) is 11.9 Å². The number of nitrogens with zero attached hydrogens (tertiary/aromatic N) is 2. The number of rotatable bonds is 8. The molecule has 3 amide bonds. The van der Waals surface area contributed by atoms with Gasteiger partial charge in [-0.1, -0.05) is 18.5 Å². The van der Waals surface area contributed by atoms with Crippen molar-refractivity contribution in [3.8, 4) is 5.75 Å². The maximum absolute atomic E-state index is 13.7. The molecule has 10 nitrogen and oxygen atoms in total. The fourth-order valence-electron chi connectivity index (χ4n) is 4.69. The van der Waals surface area contributed by atoms with Crippen molar-refractivity contribution in [1.82, 2.24) is 9.21 Å². The Morgan fingerprint density at radius 2 is 1.69 bits per heavy atom. The first kappa shape index (κ1) is 34.0. The summed E-state index contributed by atoms with van der Waals surface area (Å²) in [7, 11) is -2.50. The van der Waals surface area contributed by atoms with E-state index in [2.05, 4.69) is 10.6 Å². The molecule has 1 aliphatic rings. The largest absolute Gasteiger partial charge is 0.488 e. The van der Waals surface area contributed by atoms with Gasteiger partial charge in [0, 0.05) is 35.9 Å². The van der Waals surface area contributed by atoms with Gasteiger partial charge in [-0.25, -0.2) is 13.2 Å². The highest BCUT2D eigenvalue weighted by atomic mass is 35.5. The van der Waals surface area contributed by atoms with Crippen LogP contribution in [0.5, 0.6) is 5.75 Å². The quantitative estimate of drug-likeness (QED) is 0.289. The van der Waals surface area contributed by atoms with Gasteiger partial charge in [0.25, 0.3) is 5.91 Å². The number of aliphatic hydroxyl groups is 1. The summed E-state index contributed by atoms with van der Waals surface area (Å²) in [6.45, 7) is 3.20. The summed E-state index contributed by atoms with van der Waals surface area (Å²) in [6, 6.07) is 12.6. The van der Waals surface area contributed by atoms with E-state index in [4.69, 9.17) is 16.3 Å². The van der Waals surface area contributed by atoms with E-state index in [1.165, 1.54) is 54.4 Å². The number of hydrogen-bond donors (Lipinski definition) is 3. The van der Waals surface area contributed by atoms with Crippen molar-refractivity contribution in [2.24, 2.45) is 5.92 Å². The number of urea groups is 1. The number of ether oxygens (including phenoxy) is 1. The summed E-state index contributed by atoms with van der Waals surface area (Å²) in [5.74, 6) is -0.713. The summed E-state index contributed by atoms with van der Waals surface area (Å²) in [4.78, 5) is 27.8. The molecule has 0 bridgehead atoms. The van der Waals surface area contributed by atoms with Crippen LogP contribution in [0.25, 0.3) is 0 Å². The molecule has 0 aliphatic carbocycles. The first-order valence-corrected chi connectivity index (χ1v) is 15.6. The number of carbonyl (C=O) groups is 2. The molecule has 1 heterocycles. The van der Waals surface area contributed by atoms with Crippen LogP contribution in [0, 0.1) is 5.92 Å². The van der Waals surface area contributed by atoms with E-state index in [1.807, 2.05) is 6.92 Å². The van der Waals surface area contributed by atoms with Crippen molar-refractivity contribution in [1.29, 1.82) is 0 Å². The second-order valence-electron chi connectivity index (χ2n) is 10.7. The number of benzene rings is 3. The molecule has 45 heavy (non-hydrogen) atoms. The van der Waals surface area contributed by atoms with Crippen molar-refractivity contribution in [2.45, 2.75) is 37.1 Å². The van der Waals surface area contributed by atoms with Crippen LogP contribution in [0.2, 0.25) is 5.02 Å². The van der Waals surface area contributed by atoms with Crippen LogP contribution in [0.1, 0.15) is 29.8 Å². The maximum atomic E-state index is 13.7. The zero-order valence-electron chi connectivity index (χ0n) is 24.5. The minimum atomic E-state index is -4.52. The molecular formula is C30H32ClF3N4O6S. The molecule has 0 spiro atoms. The van der Waals surface area contributed by atoms with Gasteiger partial charge in [-0.15, -0.1) is 0 Å². The van der Waals surface area contributed by atoms with E-state index in [9.17, 15) is 36.3 Å². The molecule has 1 aliphatic heterocycles. The Morgan fingerprint density at radius 3 is 2.29 bits per heavy atom. The summed E-state index contributed by atoms with van der Waals surface area (Å²) in [5, 5.41) is 15.3. The van der Waals surface area contributed by atoms with E-state index in [1.54, 1.807) is 6.92 Å². The van der Waals surface area contributed by atoms with Crippen LogP contribution >= 0.6 is 11.6 Å². The van der Waals surface area contributed by atoms with Gasteiger partial charge >= 0.3 is 12.2 Å². The van der Waals surface area contributed by atoms with Crippen LogP contribution in [0.3, 0.4) is 0 Å². The average Bonchev–Trinajstić information content (AvgIpc) is 2.98. The molecule has 3 aromatic carbocycles. The summed E-state index contributed by atoms with van der Waals surface area (Å²) in [5.41, 5.74) is -0.512. The van der Waals surface area contributed by atoms with E-state index in [0.29, 0.717) is 5.02 Å². The number of carbonyl (C=O) groups excluding carboxylic acids is 2. The topological polar surface area (TPSA) is 128 Å². The van der Waals surface area contributed by atoms with Gasteiger partial charge in [-0.05, 0) is 73.7 Å². The molecule has 0 radical (unpaired) electrons. The smallest absolute Gasteiger partial charge is 0.416 e. The van der Waals surface area contributed by atoms with Crippen molar-refractivity contribution < 1.29 is 41.0 Å². The van der Waals surface area contributed by atoms with Gasteiger partial charge < -0.3 is 25.4 Å². The average molecular weight is 669 g/mol. The van der Waals surface area contributed by atoms with Gasteiger partial charge in [0.05, 0.1) is 35.2 Å². The monoisotopic (exact) mass is 668 g/mol. The van der Waals surface area contributed by atoms with Gasteiger partial charge in [0.2, 0.25) is 10.0 Å². The predicted molar refractivity (Wildman–Crippen MR) is 163 cm³/mol.